The molecule has 4 nitrogen and oxygen atoms in total. The van der Waals surface area contributed by atoms with Crippen molar-refractivity contribution in [2.24, 2.45) is 0 Å². The van der Waals surface area contributed by atoms with Crippen LogP contribution in [0.5, 0.6) is 0 Å². The largest absolute Gasteiger partial charge is 0.435 e. The lowest BCUT2D eigenvalue weighted by Crippen LogP contribution is -2.50. The third-order valence-electron chi connectivity index (χ3n) is 3.13. The molecule has 1 unspecified atom stereocenters. The van der Waals surface area contributed by atoms with E-state index in [1.165, 1.54) is 0 Å². The Hall–Kier alpha value is -1.08. The van der Waals surface area contributed by atoms with E-state index in [-0.39, 0.29) is 6.54 Å². The summed E-state index contributed by atoms with van der Waals surface area (Å²) >= 11 is 0. The fraction of sp³-hybridized carbons (Fsp3) is 0.700. The summed E-state index contributed by atoms with van der Waals surface area (Å²) in [5.41, 5.74) is -2.16. The minimum absolute atomic E-state index is 0.132. The molecule has 0 bridgehead atoms. The summed E-state index contributed by atoms with van der Waals surface area (Å²) in [6.45, 7) is -0.132. The summed E-state index contributed by atoms with van der Waals surface area (Å²) in [5.74, 6) is 0. The number of nitrogens with zero attached hydrogens (tertiary/aromatic N) is 2. The van der Waals surface area contributed by atoms with Crippen molar-refractivity contribution >= 4 is 0 Å². The summed E-state index contributed by atoms with van der Waals surface area (Å²) in [7, 11) is 0. The molecule has 2 rings (SSSR count). The van der Waals surface area contributed by atoms with Gasteiger partial charge in [0.1, 0.15) is 6.10 Å². The predicted octanol–water partition coefficient (Wildman–Crippen LogP) is 1.18. The average Bonchev–Trinajstić information content (AvgIpc) is 2.61. The molecule has 96 valence electrons. The third kappa shape index (κ3) is 2.44. The van der Waals surface area contributed by atoms with Gasteiger partial charge in [0.25, 0.3) is 0 Å². The minimum atomic E-state index is -4.48. The molecule has 2 N–H and O–H groups in total. The summed E-state index contributed by atoms with van der Waals surface area (Å²) in [6.07, 6.45) is -2.65. The number of aliphatic hydroxyl groups is 2. The van der Waals surface area contributed by atoms with Crippen molar-refractivity contribution in [1.29, 1.82) is 0 Å². The van der Waals surface area contributed by atoms with Crippen molar-refractivity contribution in [3.63, 3.8) is 0 Å². The Morgan fingerprint density at radius 1 is 1.47 bits per heavy atom. The number of hydrogen-bond acceptors (Lipinski definition) is 3. The summed E-state index contributed by atoms with van der Waals surface area (Å²) in [6, 6.07) is 0.845. The highest BCUT2D eigenvalue weighted by molar-refractivity contribution is 5.04. The van der Waals surface area contributed by atoms with E-state index in [1.54, 1.807) is 0 Å². The summed E-state index contributed by atoms with van der Waals surface area (Å²) < 4.78 is 37.8. The molecule has 1 aromatic rings. The first-order valence-electron chi connectivity index (χ1n) is 5.32. The second kappa shape index (κ2) is 3.99. The lowest BCUT2D eigenvalue weighted by molar-refractivity contribution is -0.142. The van der Waals surface area contributed by atoms with Crippen molar-refractivity contribution < 1.29 is 23.4 Å². The van der Waals surface area contributed by atoms with E-state index >= 15 is 0 Å². The van der Waals surface area contributed by atoms with Crippen LogP contribution < -0.4 is 0 Å². The quantitative estimate of drug-likeness (QED) is 0.846. The highest BCUT2D eigenvalue weighted by Gasteiger charge is 2.42. The van der Waals surface area contributed by atoms with E-state index in [0.29, 0.717) is 12.8 Å². The van der Waals surface area contributed by atoms with Crippen LogP contribution in [0.15, 0.2) is 12.3 Å². The van der Waals surface area contributed by atoms with E-state index in [1.807, 2.05) is 0 Å². The van der Waals surface area contributed by atoms with Crippen molar-refractivity contribution in [2.75, 3.05) is 0 Å². The zero-order valence-corrected chi connectivity index (χ0v) is 8.98. The van der Waals surface area contributed by atoms with Gasteiger partial charge in [0.15, 0.2) is 5.69 Å². The monoisotopic (exact) mass is 250 g/mol. The van der Waals surface area contributed by atoms with Gasteiger partial charge in [0.05, 0.1) is 12.1 Å². The average molecular weight is 250 g/mol. The molecule has 0 aliphatic heterocycles. The molecule has 1 aliphatic carbocycles. The Bertz CT molecular complexity index is 399. The van der Waals surface area contributed by atoms with Crippen LogP contribution in [-0.4, -0.2) is 31.7 Å². The van der Waals surface area contributed by atoms with Gasteiger partial charge in [-0.05, 0) is 25.3 Å². The summed E-state index contributed by atoms with van der Waals surface area (Å²) in [4.78, 5) is 0. The number of hydrogen-bond donors (Lipinski definition) is 2. The standard InChI is InChI=1S/C10H13F3N2O2/c11-10(12,13)7-2-5-15(14-7)6-8(16)9(17)3-1-4-9/h2,5,8,16-17H,1,3-4,6H2. The Labute approximate surface area is 95.7 Å². The van der Waals surface area contributed by atoms with Crippen molar-refractivity contribution in [2.45, 2.75) is 43.7 Å². The highest BCUT2D eigenvalue weighted by Crippen LogP contribution is 2.35. The molecule has 1 aromatic heterocycles. The van der Waals surface area contributed by atoms with Crippen LogP contribution in [0.4, 0.5) is 13.2 Å². The van der Waals surface area contributed by atoms with Crippen molar-refractivity contribution in [3.8, 4) is 0 Å². The fourth-order valence-corrected chi connectivity index (χ4v) is 1.83. The lowest BCUT2D eigenvalue weighted by Gasteiger charge is -2.40. The van der Waals surface area contributed by atoms with E-state index in [9.17, 15) is 23.4 Å². The lowest BCUT2D eigenvalue weighted by atomic mass is 9.76. The second-order valence-electron chi connectivity index (χ2n) is 4.39. The van der Waals surface area contributed by atoms with Crippen LogP contribution in [0.2, 0.25) is 0 Å². The molecule has 7 heteroatoms. The van der Waals surface area contributed by atoms with E-state index in [0.717, 1.165) is 23.4 Å². The zero-order chi connectivity index (χ0) is 12.7. The third-order valence-corrected chi connectivity index (χ3v) is 3.13. The Kier molecular flexibility index (Phi) is 2.90. The maximum Gasteiger partial charge on any atom is 0.435 e. The minimum Gasteiger partial charge on any atom is -0.388 e. The highest BCUT2D eigenvalue weighted by atomic mass is 19.4. The van der Waals surface area contributed by atoms with Gasteiger partial charge in [-0.15, -0.1) is 0 Å². The zero-order valence-electron chi connectivity index (χ0n) is 8.98. The Morgan fingerprint density at radius 2 is 2.12 bits per heavy atom. The van der Waals surface area contributed by atoms with Gasteiger partial charge >= 0.3 is 6.18 Å². The first-order chi connectivity index (χ1) is 7.81. The number of aliphatic hydroxyl groups excluding tert-OH is 1. The van der Waals surface area contributed by atoms with E-state index in [2.05, 4.69) is 5.10 Å². The van der Waals surface area contributed by atoms with Gasteiger partial charge in [0.2, 0.25) is 0 Å². The fourth-order valence-electron chi connectivity index (χ4n) is 1.83. The molecule has 1 aliphatic rings. The number of alkyl halides is 3. The molecule has 0 saturated heterocycles. The molecule has 17 heavy (non-hydrogen) atoms. The molecule has 0 aromatic carbocycles. The van der Waals surface area contributed by atoms with Crippen LogP contribution in [0.1, 0.15) is 25.0 Å². The molecular weight excluding hydrogens is 237 g/mol. The maximum atomic E-state index is 12.3. The predicted molar refractivity (Wildman–Crippen MR) is 52.0 cm³/mol. The molecule has 0 spiro atoms. The van der Waals surface area contributed by atoms with Gasteiger partial charge in [0, 0.05) is 6.20 Å². The maximum absolute atomic E-state index is 12.3. The van der Waals surface area contributed by atoms with E-state index in [4.69, 9.17) is 0 Å². The SMILES string of the molecule is OC(Cn1ccc(C(F)(F)F)n1)C1(O)CCC1. The smallest absolute Gasteiger partial charge is 0.388 e. The molecule has 1 fully saturated rings. The molecule has 0 amide bonds. The van der Waals surface area contributed by atoms with Gasteiger partial charge in [-0.1, -0.05) is 0 Å². The van der Waals surface area contributed by atoms with Crippen LogP contribution in [-0.2, 0) is 12.7 Å². The molecular formula is C10H13F3N2O2. The van der Waals surface area contributed by atoms with E-state index < -0.39 is 23.6 Å². The van der Waals surface area contributed by atoms with Crippen molar-refractivity contribution in [1.82, 2.24) is 9.78 Å². The van der Waals surface area contributed by atoms with Crippen LogP contribution in [0.25, 0.3) is 0 Å². The number of aromatic nitrogens is 2. The normalized spacial score (nSPS) is 21.0. The van der Waals surface area contributed by atoms with Crippen LogP contribution in [0, 0.1) is 0 Å². The Morgan fingerprint density at radius 3 is 2.53 bits per heavy atom. The summed E-state index contributed by atoms with van der Waals surface area (Å²) in [5, 5.41) is 22.8. The molecule has 0 radical (unpaired) electrons. The van der Waals surface area contributed by atoms with Gasteiger partial charge < -0.3 is 10.2 Å². The number of halogens is 3. The molecule has 1 saturated carbocycles. The van der Waals surface area contributed by atoms with Gasteiger partial charge in [-0.2, -0.15) is 18.3 Å². The van der Waals surface area contributed by atoms with Crippen LogP contribution >= 0.6 is 0 Å². The Balaban J connectivity index is 2.02. The van der Waals surface area contributed by atoms with Crippen LogP contribution in [0.3, 0.4) is 0 Å². The van der Waals surface area contributed by atoms with Gasteiger partial charge in [-0.3, -0.25) is 4.68 Å². The second-order valence-corrected chi connectivity index (χ2v) is 4.39. The molecule has 1 heterocycles. The number of rotatable bonds is 3. The first-order valence-corrected chi connectivity index (χ1v) is 5.32. The van der Waals surface area contributed by atoms with Gasteiger partial charge in [-0.25, -0.2) is 0 Å². The topological polar surface area (TPSA) is 58.3 Å². The molecule has 1 atom stereocenters. The first kappa shape index (κ1) is 12.4. The van der Waals surface area contributed by atoms with Crippen molar-refractivity contribution in [3.05, 3.63) is 18.0 Å².